The number of alkyl halides is 3. The van der Waals surface area contributed by atoms with E-state index in [2.05, 4.69) is 9.97 Å². The van der Waals surface area contributed by atoms with Crippen LogP contribution in [-0.2, 0) is 4.79 Å². The monoisotopic (exact) mass is 344 g/mol. The van der Waals surface area contributed by atoms with Gasteiger partial charge in [-0.25, -0.2) is 9.97 Å². The van der Waals surface area contributed by atoms with Gasteiger partial charge in [0.2, 0.25) is 0 Å². The van der Waals surface area contributed by atoms with Gasteiger partial charge in [-0.3, -0.25) is 14.5 Å². The molecular weight excluding hydrogens is 337 g/mol. The third kappa shape index (κ3) is 3.57. The van der Waals surface area contributed by atoms with Gasteiger partial charge in [0.25, 0.3) is 5.91 Å². The van der Waals surface area contributed by atoms with Crippen LogP contribution in [0.25, 0.3) is 0 Å². The van der Waals surface area contributed by atoms with Gasteiger partial charge in [-0.2, -0.15) is 13.2 Å². The highest BCUT2D eigenvalue weighted by molar-refractivity contribution is 6.30. The van der Waals surface area contributed by atoms with Crippen LogP contribution >= 0.6 is 11.6 Å². The average Bonchev–Trinajstić information content (AvgIpc) is 2.49. The Kier molecular flexibility index (Phi) is 4.50. The van der Waals surface area contributed by atoms with Gasteiger partial charge >= 0.3 is 12.1 Å². The van der Waals surface area contributed by atoms with E-state index in [1.54, 1.807) is 0 Å². The van der Waals surface area contributed by atoms with E-state index in [9.17, 15) is 22.8 Å². The lowest BCUT2D eigenvalue weighted by Gasteiger charge is -2.23. The topological polar surface area (TPSA) is 89.2 Å². The fourth-order valence-corrected chi connectivity index (χ4v) is 1.84. The summed E-state index contributed by atoms with van der Waals surface area (Å²) in [6.45, 7) is 0. The molecule has 0 aliphatic carbocycles. The van der Waals surface area contributed by atoms with E-state index < -0.39 is 29.4 Å². The fraction of sp³-hybridized carbons (Fsp3) is 0.0769. The second kappa shape index (κ2) is 6.21. The van der Waals surface area contributed by atoms with E-state index in [1.807, 2.05) is 0 Å². The Labute approximate surface area is 132 Å². The summed E-state index contributed by atoms with van der Waals surface area (Å²) in [6, 6.07) is 4.71. The van der Waals surface area contributed by atoms with Crippen LogP contribution < -0.4 is 10.6 Å². The van der Waals surface area contributed by atoms with Crippen molar-refractivity contribution in [1.82, 2.24) is 9.97 Å². The summed E-state index contributed by atoms with van der Waals surface area (Å²) in [5.74, 6) is -3.72. The van der Waals surface area contributed by atoms with Crippen LogP contribution in [0.15, 0.2) is 36.7 Å². The Bertz CT molecular complexity index is 750. The first-order valence-electron chi connectivity index (χ1n) is 5.99. The number of carbonyl (C=O) groups excluding carboxylic acids is 2. The molecule has 2 heterocycles. The molecule has 0 fully saturated rings. The minimum atomic E-state index is -5.20. The van der Waals surface area contributed by atoms with Crippen molar-refractivity contribution in [2.24, 2.45) is 5.73 Å². The van der Waals surface area contributed by atoms with Crippen LogP contribution in [0.1, 0.15) is 10.5 Å². The highest BCUT2D eigenvalue weighted by Gasteiger charge is 2.45. The number of anilines is 2. The predicted octanol–water partition coefficient (Wildman–Crippen LogP) is 2.46. The molecule has 0 aliphatic rings. The summed E-state index contributed by atoms with van der Waals surface area (Å²) in [6.07, 6.45) is -2.98. The lowest BCUT2D eigenvalue weighted by atomic mass is 10.2. The van der Waals surface area contributed by atoms with Crippen LogP contribution in [0.3, 0.4) is 0 Å². The third-order valence-electron chi connectivity index (χ3n) is 2.65. The van der Waals surface area contributed by atoms with Gasteiger partial charge in [0.05, 0.1) is 10.7 Å². The van der Waals surface area contributed by atoms with Crippen molar-refractivity contribution in [3.8, 4) is 0 Å². The molecule has 0 saturated carbocycles. The molecule has 0 saturated heterocycles. The summed E-state index contributed by atoms with van der Waals surface area (Å²) in [5, 5.41) is 0.162. The number of nitrogens with two attached hydrogens (primary N) is 1. The van der Waals surface area contributed by atoms with Crippen molar-refractivity contribution in [2.75, 3.05) is 4.90 Å². The molecule has 2 N–H and O–H groups in total. The Hall–Kier alpha value is -2.68. The Morgan fingerprint density at radius 1 is 1.17 bits per heavy atom. The number of rotatable bonds is 3. The van der Waals surface area contributed by atoms with E-state index in [0.29, 0.717) is 0 Å². The first kappa shape index (κ1) is 16.7. The lowest BCUT2D eigenvalue weighted by Crippen LogP contribution is -2.39. The molecule has 10 heteroatoms. The number of hydrogen-bond donors (Lipinski definition) is 1. The summed E-state index contributed by atoms with van der Waals surface area (Å²) in [4.78, 5) is 30.7. The Morgan fingerprint density at radius 2 is 1.87 bits per heavy atom. The molecule has 0 atom stereocenters. The largest absolute Gasteiger partial charge is 0.472 e. The molecule has 0 aromatic carbocycles. The maximum Gasteiger partial charge on any atom is 0.472 e. The van der Waals surface area contributed by atoms with Gasteiger partial charge in [-0.15, -0.1) is 0 Å². The van der Waals surface area contributed by atoms with Crippen molar-refractivity contribution in [1.29, 1.82) is 0 Å². The summed E-state index contributed by atoms with van der Waals surface area (Å²) in [7, 11) is 0. The van der Waals surface area contributed by atoms with Crippen LogP contribution in [0.5, 0.6) is 0 Å². The first-order valence-corrected chi connectivity index (χ1v) is 6.37. The number of amides is 2. The van der Waals surface area contributed by atoms with Crippen LogP contribution in [0, 0.1) is 0 Å². The molecule has 6 nitrogen and oxygen atoms in total. The van der Waals surface area contributed by atoms with Crippen molar-refractivity contribution >= 4 is 34.9 Å². The number of aromatic nitrogens is 2. The van der Waals surface area contributed by atoms with Gasteiger partial charge < -0.3 is 5.73 Å². The quantitative estimate of drug-likeness (QED) is 0.926. The normalized spacial score (nSPS) is 11.1. The molecule has 2 amide bonds. The lowest BCUT2D eigenvalue weighted by molar-refractivity contribution is -0.169. The Morgan fingerprint density at radius 3 is 2.39 bits per heavy atom. The Balaban J connectivity index is 2.66. The fourth-order valence-electron chi connectivity index (χ4n) is 1.73. The van der Waals surface area contributed by atoms with E-state index in [0.717, 1.165) is 24.5 Å². The van der Waals surface area contributed by atoms with Crippen molar-refractivity contribution in [3.05, 3.63) is 47.4 Å². The standard InChI is InChI=1S/C13H8ClF3N4O2/c14-7-3-4-9(20-6-7)21(12(23)13(15,16)17)8-2-1-5-19-10(8)11(18)22/h1-6H,(H2,18,22). The number of halogens is 4. The maximum absolute atomic E-state index is 12.9. The SMILES string of the molecule is NC(=O)c1ncccc1N(C(=O)C(F)(F)F)c1ccc(Cl)cn1. The highest BCUT2D eigenvalue weighted by atomic mass is 35.5. The average molecular weight is 345 g/mol. The molecule has 2 aromatic heterocycles. The summed E-state index contributed by atoms with van der Waals surface area (Å²) >= 11 is 5.64. The number of carbonyl (C=O) groups is 2. The molecule has 0 bridgehead atoms. The molecule has 2 rings (SSSR count). The van der Waals surface area contributed by atoms with Crippen molar-refractivity contribution in [2.45, 2.75) is 6.18 Å². The van der Waals surface area contributed by atoms with Crippen LogP contribution in [-0.4, -0.2) is 28.0 Å². The van der Waals surface area contributed by atoms with Gasteiger partial charge in [-0.05, 0) is 24.3 Å². The zero-order valence-corrected chi connectivity index (χ0v) is 12.0. The molecule has 0 radical (unpaired) electrons. The molecule has 23 heavy (non-hydrogen) atoms. The second-order valence-corrected chi connectivity index (χ2v) is 4.64. The molecular formula is C13H8ClF3N4O2. The predicted molar refractivity (Wildman–Crippen MR) is 75.2 cm³/mol. The minimum absolute atomic E-state index is 0.162. The second-order valence-electron chi connectivity index (χ2n) is 4.21. The minimum Gasteiger partial charge on any atom is -0.364 e. The van der Waals surface area contributed by atoms with Crippen molar-refractivity contribution in [3.63, 3.8) is 0 Å². The number of nitrogens with zero attached hydrogens (tertiary/aromatic N) is 3. The van der Waals surface area contributed by atoms with E-state index in [1.165, 1.54) is 12.1 Å². The number of hydrogen-bond acceptors (Lipinski definition) is 4. The third-order valence-corrected chi connectivity index (χ3v) is 2.87. The first-order chi connectivity index (χ1) is 10.7. The molecule has 0 spiro atoms. The van der Waals surface area contributed by atoms with Gasteiger partial charge in [0, 0.05) is 12.4 Å². The molecule has 0 aliphatic heterocycles. The highest BCUT2D eigenvalue weighted by Crippen LogP contribution is 2.31. The van der Waals surface area contributed by atoms with E-state index >= 15 is 0 Å². The maximum atomic E-state index is 12.9. The van der Waals surface area contributed by atoms with E-state index in [4.69, 9.17) is 17.3 Å². The number of pyridine rings is 2. The van der Waals surface area contributed by atoms with Crippen molar-refractivity contribution < 1.29 is 22.8 Å². The van der Waals surface area contributed by atoms with Gasteiger partial charge in [0.1, 0.15) is 5.82 Å². The van der Waals surface area contributed by atoms with Crippen LogP contribution in [0.2, 0.25) is 5.02 Å². The zero-order chi connectivity index (χ0) is 17.2. The summed E-state index contributed by atoms with van der Waals surface area (Å²) in [5.41, 5.74) is 4.17. The van der Waals surface area contributed by atoms with E-state index in [-0.39, 0.29) is 15.7 Å². The zero-order valence-electron chi connectivity index (χ0n) is 11.2. The van der Waals surface area contributed by atoms with Gasteiger partial charge in [-0.1, -0.05) is 11.6 Å². The summed E-state index contributed by atoms with van der Waals surface area (Å²) < 4.78 is 38.7. The molecule has 2 aromatic rings. The molecule has 120 valence electrons. The van der Waals surface area contributed by atoms with Gasteiger partial charge in [0.15, 0.2) is 5.69 Å². The smallest absolute Gasteiger partial charge is 0.364 e. The number of primary amides is 1. The van der Waals surface area contributed by atoms with Crippen LogP contribution in [0.4, 0.5) is 24.7 Å². The molecule has 0 unspecified atom stereocenters.